The first kappa shape index (κ1) is 13.0. The van der Waals surface area contributed by atoms with Gasteiger partial charge in [-0.2, -0.15) is 5.10 Å². The van der Waals surface area contributed by atoms with Gasteiger partial charge in [-0.3, -0.25) is 9.48 Å². The van der Waals surface area contributed by atoms with Gasteiger partial charge in [0.2, 0.25) is 0 Å². The first-order valence-electron chi connectivity index (χ1n) is 5.32. The topological polar surface area (TPSA) is 96.7 Å². The number of hydrogen-bond acceptors (Lipinski definition) is 4. The molecule has 7 nitrogen and oxygen atoms in total. The second kappa shape index (κ2) is 5.88. The van der Waals surface area contributed by atoms with Crippen molar-refractivity contribution in [2.75, 3.05) is 13.1 Å². The molecule has 1 aromatic rings. The first-order chi connectivity index (χ1) is 8.08. The SMILES string of the molecule is CCCN(CC(N)=NO)C(=O)c1cnn(C)c1. The second-order valence-corrected chi connectivity index (χ2v) is 3.72. The summed E-state index contributed by atoms with van der Waals surface area (Å²) in [4.78, 5) is 13.6. The predicted molar refractivity (Wildman–Crippen MR) is 62.8 cm³/mol. The van der Waals surface area contributed by atoms with E-state index in [4.69, 9.17) is 10.9 Å². The number of aromatic nitrogens is 2. The fourth-order valence-electron chi connectivity index (χ4n) is 1.46. The third-order valence-electron chi connectivity index (χ3n) is 2.21. The van der Waals surface area contributed by atoms with Crippen molar-refractivity contribution in [1.29, 1.82) is 0 Å². The lowest BCUT2D eigenvalue weighted by Crippen LogP contribution is -2.39. The average molecular weight is 239 g/mol. The minimum Gasteiger partial charge on any atom is -0.409 e. The number of hydrogen-bond donors (Lipinski definition) is 2. The molecule has 0 aromatic carbocycles. The first-order valence-corrected chi connectivity index (χ1v) is 5.32. The van der Waals surface area contributed by atoms with Crippen molar-refractivity contribution in [2.24, 2.45) is 17.9 Å². The standard InChI is InChI=1S/C10H17N5O2/c1-3-4-15(7-9(11)13-17)10(16)8-5-12-14(2)6-8/h5-6,17H,3-4,7H2,1-2H3,(H2,11,13). The van der Waals surface area contributed by atoms with Gasteiger partial charge in [0.1, 0.15) is 0 Å². The average Bonchev–Trinajstić information content (AvgIpc) is 2.74. The number of amides is 1. The molecule has 1 aromatic heterocycles. The molecule has 3 N–H and O–H groups in total. The van der Waals surface area contributed by atoms with Crippen molar-refractivity contribution in [3.05, 3.63) is 18.0 Å². The lowest BCUT2D eigenvalue weighted by molar-refractivity contribution is 0.0778. The molecule has 17 heavy (non-hydrogen) atoms. The van der Waals surface area contributed by atoms with Crippen LogP contribution in [-0.4, -0.2) is 44.7 Å². The van der Waals surface area contributed by atoms with Crippen molar-refractivity contribution in [1.82, 2.24) is 14.7 Å². The largest absolute Gasteiger partial charge is 0.409 e. The van der Waals surface area contributed by atoms with Gasteiger partial charge < -0.3 is 15.8 Å². The maximum atomic E-state index is 12.1. The number of nitrogens with two attached hydrogens (primary N) is 1. The van der Waals surface area contributed by atoms with Crippen molar-refractivity contribution in [3.8, 4) is 0 Å². The molecule has 1 amide bonds. The van der Waals surface area contributed by atoms with Crippen LogP contribution in [0, 0.1) is 0 Å². The normalized spacial score (nSPS) is 11.5. The van der Waals surface area contributed by atoms with Crippen LogP contribution in [0.1, 0.15) is 23.7 Å². The Balaban J connectivity index is 2.80. The Labute approximate surface area is 99.5 Å². The number of rotatable bonds is 5. The van der Waals surface area contributed by atoms with Crippen LogP contribution in [0.25, 0.3) is 0 Å². The summed E-state index contributed by atoms with van der Waals surface area (Å²) >= 11 is 0. The van der Waals surface area contributed by atoms with E-state index in [0.29, 0.717) is 12.1 Å². The van der Waals surface area contributed by atoms with Gasteiger partial charge in [0, 0.05) is 19.8 Å². The minimum absolute atomic E-state index is 0.00990. The molecule has 0 spiro atoms. The molecular weight excluding hydrogens is 222 g/mol. The summed E-state index contributed by atoms with van der Waals surface area (Å²) in [5.41, 5.74) is 5.90. The maximum absolute atomic E-state index is 12.1. The highest BCUT2D eigenvalue weighted by molar-refractivity contribution is 5.96. The van der Waals surface area contributed by atoms with E-state index >= 15 is 0 Å². The van der Waals surface area contributed by atoms with Crippen LogP contribution in [-0.2, 0) is 7.05 Å². The zero-order valence-electron chi connectivity index (χ0n) is 10.00. The second-order valence-electron chi connectivity index (χ2n) is 3.72. The number of carbonyl (C=O) groups is 1. The molecule has 7 heteroatoms. The maximum Gasteiger partial charge on any atom is 0.257 e. The highest BCUT2D eigenvalue weighted by atomic mass is 16.4. The van der Waals surface area contributed by atoms with Gasteiger partial charge >= 0.3 is 0 Å². The van der Waals surface area contributed by atoms with E-state index in [1.54, 1.807) is 17.9 Å². The van der Waals surface area contributed by atoms with E-state index in [1.165, 1.54) is 11.1 Å². The van der Waals surface area contributed by atoms with Gasteiger partial charge in [-0.1, -0.05) is 12.1 Å². The predicted octanol–water partition coefficient (Wildman–Crippen LogP) is 0.0187. The Bertz CT molecular complexity index is 413. The Kier molecular flexibility index (Phi) is 4.50. The zero-order valence-corrected chi connectivity index (χ0v) is 10.00. The van der Waals surface area contributed by atoms with Crippen molar-refractivity contribution < 1.29 is 10.0 Å². The van der Waals surface area contributed by atoms with E-state index in [-0.39, 0.29) is 18.3 Å². The van der Waals surface area contributed by atoms with Crippen LogP contribution >= 0.6 is 0 Å². The van der Waals surface area contributed by atoms with Crippen LogP contribution in [0.4, 0.5) is 0 Å². The highest BCUT2D eigenvalue weighted by Crippen LogP contribution is 2.04. The Hall–Kier alpha value is -2.05. The van der Waals surface area contributed by atoms with E-state index in [9.17, 15) is 4.79 Å². The highest BCUT2D eigenvalue weighted by Gasteiger charge is 2.17. The fraction of sp³-hybridized carbons (Fsp3) is 0.500. The van der Waals surface area contributed by atoms with Crippen LogP contribution < -0.4 is 5.73 Å². The number of aryl methyl sites for hydroxylation is 1. The molecule has 1 heterocycles. The molecule has 1 rings (SSSR count). The molecule has 0 bridgehead atoms. The minimum atomic E-state index is -0.174. The molecular formula is C10H17N5O2. The summed E-state index contributed by atoms with van der Waals surface area (Å²) in [6.07, 6.45) is 3.93. The van der Waals surface area contributed by atoms with Gasteiger partial charge in [-0.15, -0.1) is 0 Å². The number of carbonyl (C=O) groups excluding carboxylic acids is 1. The molecule has 0 atom stereocenters. The van der Waals surface area contributed by atoms with Gasteiger partial charge in [0.05, 0.1) is 18.3 Å². The molecule has 0 unspecified atom stereocenters. The third-order valence-corrected chi connectivity index (χ3v) is 2.21. The van der Waals surface area contributed by atoms with Crippen molar-refractivity contribution in [3.63, 3.8) is 0 Å². The van der Waals surface area contributed by atoms with E-state index < -0.39 is 0 Å². The molecule has 0 saturated heterocycles. The Morgan fingerprint density at radius 1 is 1.71 bits per heavy atom. The summed E-state index contributed by atoms with van der Waals surface area (Å²) in [5.74, 6) is -0.165. The zero-order chi connectivity index (χ0) is 12.8. The van der Waals surface area contributed by atoms with Crippen molar-refractivity contribution in [2.45, 2.75) is 13.3 Å². The molecule has 0 aliphatic carbocycles. The van der Waals surface area contributed by atoms with Gasteiger partial charge in [0.15, 0.2) is 5.84 Å². The van der Waals surface area contributed by atoms with E-state index in [1.807, 2.05) is 6.92 Å². The summed E-state index contributed by atoms with van der Waals surface area (Å²) in [6, 6.07) is 0. The van der Waals surface area contributed by atoms with Crippen LogP contribution in [0.3, 0.4) is 0 Å². The smallest absolute Gasteiger partial charge is 0.257 e. The molecule has 94 valence electrons. The summed E-state index contributed by atoms with van der Waals surface area (Å²) in [7, 11) is 1.74. The molecule has 0 aliphatic rings. The van der Waals surface area contributed by atoms with Crippen molar-refractivity contribution >= 4 is 11.7 Å². The van der Waals surface area contributed by atoms with Crippen LogP contribution in [0.15, 0.2) is 17.5 Å². The molecule has 0 radical (unpaired) electrons. The van der Waals surface area contributed by atoms with E-state index in [2.05, 4.69) is 10.3 Å². The van der Waals surface area contributed by atoms with E-state index in [0.717, 1.165) is 6.42 Å². The van der Waals surface area contributed by atoms with Gasteiger partial charge in [-0.05, 0) is 6.42 Å². The summed E-state index contributed by atoms with van der Waals surface area (Å²) < 4.78 is 1.56. The monoisotopic (exact) mass is 239 g/mol. The molecule has 0 fully saturated rings. The van der Waals surface area contributed by atoms with Gasteiger partial charge in [-0.25, -0.2) is 0 Å². The molecule has 0 aliphatic heterocycles. The molecule has 0 saturated carbocycles. The Morgan fingerprint density at radius 3 is 2.88 bits per heavy atom. The number of amidine groups is 1. The number of nitrogens with zero attached hydrogens (tertiary/aromatic N) is 4. The lowest BCUT2D eigenvalue weighted by Gasteiger charge is -2.20. The van der Waals surface area contributed by atoms with Crippen LogP contribution in [0.5, 0.6) is 0 Å². The summed E-state index contributed by atoms with van der Waals surface area (Å²) in [5, 5.41) is 15.3. The van der Waals surface area contributed by atoms with Gasteiger partial charge in [0.25, 0.3) is 5.91 Å². The number of oxime groups is 1. The van der Waals surface area contributed by atoms with Crippen LogP contribution in [0.2, 0.25) is 0 Å². The fourth-order valence-corrected chi connectivity index (χ4v) is 1.46. The third kappa shape index (κ3) is 3.47. The quantitative estimate of drug-likeness (QED) is 0.327. The summed E-state index contributed by atoms with van der Waals surface area (Å²) in [6.45, 7) is 2.61. The lowest BCUT2D eigenvalue weighted by atomic mass is 10.3. The Morgan fingerprint density at radius 2 is 2.41 bits per heavy atom.